The number of carbonyl (C=O) groups excluding carboxylic acids is 2. The number of piperidine rings is 2. The van der Waals surface area contributed by atoms with E-state index in [1.54, 1.807) is 0 Å². The highest BCUT2D eigenvalue weighted by molar-refractivity contribution is 6.06. The number of benzene rings is 1. The van der Waals surface area contributed by atoms with Gasteiger partial charge < -0.3 is 20.4 Å². The molecule has 0 bridgehead atoms. The lowest BCUT2D eigenvalue weighted by molar-refractivity contribution is -0.138. The van der Waals surface area contributed by atoms with Crippen LogP contribution in [0.15, 0.2) is 24.3 Å². The van der Waals surface area contributed by atoms with Crippen LogP contribution >= 0.6 is 0 Å². The van der Waals surface area contributed by atoms with E-state index in [2.05, 4.69) is 15.5 Å². The van der Waals surface area contributed by atoms with Gasteiger partial charge in [0.05, 0.1) is 11.4 Å². The molecule has 0 aliphatic carbocycles. The number of carbonyl (C=O) groups is 2. The Morgan fingerprint density at radius 3 is 2.44 bits per heavy atom. The smallest absolute Gasteiger partial charge is 0.250 e. The predicted octanol–water partition coefficient (Wildman–Crippen LogP) is 2.53. The van der Waals surface area contributed by atoms with Crippen LogP contribution in [0.2, 0.25) is 0 Å². The molecule has 3 aliphatic rings. The van der Waals surface area contributed by atoms with E-state index in [9.17, 15) is 9.59 Å². The van der Waals surface area contributed by atoms with E-state index in [0.29, 0.717) is 25.9 Å². The first kappa shape index (κ1) is 18.3. The molecule has 4 rings (SSSR count). The van der Waals surface area contributed by atoms with Crippen molar-refractivity contribution in [2.24, 2.45) is 5.92 Å². The van der Waals surface area contributed by atoms with Gasteiger partial charge in [-0.05, 0) is 50.9 Å². The molecule has 146 valence electrons. The van der Waals surface area contributed by atoms with Crippen molar-refractivity contribution in [2.45, 2.75) is 44.6 Å². The molecule has 0 unspecified atom stereocenters. The second-order valence-electron chi connectivity index (χ2n) is 8.29. The Hall–Kier alpha value is -2.08. The Morgan fingerprint density at radius 1 is 1.07 bits per heavy atom. The number of hydrogen-bond donors (Lipinski definition) is 2. The van der Waals surface area contributed by atoms with Crippen LogP contribution in [-0.2, 0) is 9.59 Å². The van der Waals surface area contributed by atoms with Crippen LogP contribution in [0.4, 0.5) is 11.4 Å². The van der Waals surface area contributed by atoms with Crippen molar-refractivity contribution in [3.05, 3.63) is 24.3 Å². The molecule has 1 atom stereocenters. The fourth-order valence-electron chi connectivity index (χ4n) is 4.64. The number of fused-ring (bicyclic) bond motifs is 1. The van der Waals surface area contributed by atoms with Crippen molar-refractivity contribution >= 4 is 23.2 Å². The minimum absolute atomic E-state index is 0.0195. The predicted molar refractivity (Wildman–Crippen MR) is 107 cm³/mol. The zero-order valence-electron chi connectivity index (χ0n) is 16.2. The van der Waals surface area contributed by atoms with Gasteiger partial charge in [-0.2, -0.15) is 0 Å². The highest BCUT2D eigenvalue weighted by atomic mass is 16.2. The molecule has 2 fully saturated rings. The van der Waals surface area contributed by atoms with Crippen LogP contribution in [0.5, 0.6) is 0 Å². The second kappa shape index (κ2) is 7.50. The summed E-state index contributed by atoms with van der Waals surface area (Å²) >= 11 is 0. The number of hydrogen-bond acceptors (Lipinski definition) is 4. The second-order valence-corrected chi connectivity index (χ2v) is 8.29. The molecule has 3 aliphatic heterocycles. The molecule has 6 heteroatoms. The lowest BCUT2D eigenvalue weighted by Crippen LogP contribution is -2.59. The molecule has 6 nitrogen and oxygen atoms in total. The zero-order chi connectivity index (χ0) is 18.9. The Labute approximate surface area is 161 Å². The molecule has 2 saturated heterocycles. The third-order valence-electron chi connectivity index (χ3n) is 6.31. The molecule has 27 heavy (non-hydrogen) atoms. The van der Waals surface area contributed by atoms with Crippen LogP contribution < -0.4 is 10.6 Å². The van der Waals surface area contributed by atoms with Gasteiger partial charge in [-0.15, -0.1) is 0 Å². The van der Waals surface area contributed by atoms with Crippen LogP contribution in [0.1, 0.15) is 39.0 Å². The molecule has 0 aromatic heterocycles. The first-order valence-corrected chi connectivity index (χ1v) is 10.3. The van der Waals surface area contributed by atoms with Crippen molar-refractivity contribution in [1.29, 1.82) is 0 Å². The number of nitrogens with one attached hydrogen (secondary N) is 2. The summed E-state index contributed by atoms with van der Waals surface area (Å²) in [6, 6.07) is 7.80. The topological polar surface area (TPSA) is 64.7 Å². The standard InChI is InChI=1S/C21H30N4O2/c1-16(15-24-11-5-2-6-12-24)19(26)25-13-9-21(10-14-25)20(27)22-17-7-3-4-8-18(17)23-21/h3-4,7-8,16,23H,2,5-6,9-15H2,1H3,(H,22,27)/t16-/m1/s1. The Balaban J connectivity index is 1.35. The third kappa shape index (κ3) is 3.68. The Kier molecular flexibility index (Phi) is 5.08. The zero-order valence-corrected chi connectivity index (χ0v) is 16.2. The molecule has 2 N–H and O–H groups in total. The molecule has 0 saturated carbocycles. The third-order valence-corrected chi connectivity index (χ3v) is 6.31. The van der Waals surface area contributed by atoms with E-state index in [0.717, 1.165) is 31.0 Å². The molecule has 2 amide bonds. The maximum atomic E-state index is 12.9. The number of amides is 2. The molecule has 1 spiro atoms. The largest absolute Gasteiger partial charge is 0.369 e. The number of likely N-dealkylation sites (tertiary alicyclic amines) is 2. The van der Waals surface area contributed by atoms with Gasteiger partial charge in [-0.3, -0.25) is 9.59 Å². The summed E-state index contributed by atoms with van der Waals surface area (Å²) in [5.74, 6) is 0.271. The number of anilines is 2. The quantitative estimate of drug-likeness (QED) is 0.858. The van der Waals surface area contributed by atoms with Crippen LogP contribution in [0, 0.1) is 5.92 Å². The maximum Gasteiger partial charge on any atom is 0.250 e. The summed E-state index contributed by atoms with van der Waals surface area (Å²) in [6.07, 6.45) is 5.10. The molecular weight excluding hydrogens is 340 g/mol. The van der Waals surface area contributed by atoms with Crippen molar-refractivity contribution in [3.8, 4) is 0 Å². The minimum atomic E-state index is -0.596. The van der Waals surface area contributed by atoms with Gasteiger partial charge in [0.1, 0.15) is 5.54 Å². The maximum absolute atomic E-state index is 12.9. The first-order valence-electron chi connectivity index (χ1n) is 10.3. The molecule has 1 aromatic carbocycles. The van der Waals surface area contributed by atoms with E-state index in [-0.39, 0.29) is 17.7 Å². The minimum Gasteiger partial charge on any atom is -0.369 e. The average molecular weight is 370 g/mol. The average Bonchev–Trinajstić information content (AvgIpc) is 2.70. The van der Waals surface area contributed by atoms with Gasteiger partial charge in [0.25, 0.3) is 0 Å². The summed E-state index contributed by atoms with van der Waals surface area (Å²) in [5.41, 5.74) is 1.21. The fourth-order valence-corrected chi connectivity index (χ4v) is 4.64. The van der Waals surface area contributed by atoms with Gasteiger partial charge >= 0.3 is 0 Å². The van der Waals surface area contributed by atoms with E-state index in [4.69, 9.17) is 0 Å². The summed E-state index contributed by atoms with van der Waals surface area (Å²) in [7, 11) is 0. The molecular formula is C21H30N4O2. The number of rotatable bonds is 3. The summed E-state index contributed by atoms with van der Waals surface area (Å²) in [6.45, 7) is 6.39. The van der Waals surface area contributed by atoms with E-state index < -0.39 is 5.54 Å². The summed E-state index contributed by atoms with van der Waals surface area (Å²) in [4.78, 5) is 30.0. The monoisotopic (exact) mass is 370 g/mol. The SMILES string of the molecule is C[C@H](CN1CCCCC1)C(=O)N1CCC2(CC1)Nc1ccccc1NC2=O. The van der Waals surface area contributed by atoms with Gasteiger partial charge in [0.15, 0.2) is 0 Å². The summed E-state index contributed by atoms with van der Waals surface area (Å²) in [5, 5.41) is 6.49. The molecule has 3 heterocycles. The van der Waals surface area contributed by atoms with Gasteiger partial charge in [0, 0.05) is 25.6 Å². The van der Waals surface area contributed by atoms with E-state index >= 15 is 0 Å². The normalized spacial score (nSPS) is 23.3. The Morgan fingerprint density at radius 2 is 1.74 bits per heavy atom. The van der Waals surface area contributed by atoms with Crippen LogP contribution in [0.25, 0.3) is 0 Å². The molecule has 1 aromatic rings. The van der Waals surface area contributed by atoms with Crippen molar-refractivity contribution in [1.82, 2.24) is 9.80 Å². The van der Waals surface area contributed by atoms with E-state index in [1.807, 2.05) is 36.1 Å². The highest BCUT2D eigenvalue weighted by Gasteiger charge is 2.45. The summed E-state index contributed by atoms with van der Waals surface area (Å²) < 4.78 is 0. The lowest BCUT2D eigenvalue weighted by Gasteiger charge is -2.45. The van der Waals surface area contributed by atoms with Crippen LogP contribution in [0.3, 0.4) is 0 Å². The molecule has 0 radical (unpaired) electrons. The van der Waals surface area contributed by atoms with Crippen molar-refractivity contribution < 1.29 is 9.59 Å². The first-order chi connectivity index (χ1) is 13.1. The van der Waals surface area contributed by atoms with Gasteiger partial charge in [0.2, 0.25) is 11.8 Å². The number of nitrogens with zero attached hydrogens (tertiary/aromatic N) is 2. The van der Waals surface area contributed by atoms with Gasteiger partial charge in [-0.1, -0.05) is 25.5 Å². The van der Waals surface area contributed by atoms with E-state index in [1.165, 1.54) is 19.3 Å². The van der Waals surface area contributed by atoms with Crippen LogP contribution in [-0.4, -0.2) is 59.9 Å². The number of para-hydroxylation sites is 2. The highest BCUT2D eigenvalue weighted by Crippen LogP contribution is 2.36. The van der Waals surface area contributed by atoms with Gasteiger partial charge in [-0.25, -0.2) is 0 Å². The van der Waals surface area contributed by atoms with Crippen molar-refractivity contribution in [2.75, 3.05) is 43.4 Å². The fraction of sp³-hybridized carbons (Fsp3) is 0.619. The Bertz CT molecular complexity index is 706. The lowest BCUT2D eigenvalue weighted by atomic mass is 9.84. The van der Waals surface area contributed by atoms with Crippen molar-refractivity contribution in [3.63, 3.8) is 0 Å².